The number of hydrogen-bond donors (Lipinski definition) is 1. The van der Waals surface area contributed by atoms with E-state index in [0.29, 0.717) is 0 Å². The number of benzene rings is 2. The van der Waals surface area contributed by atoms with Crippen LogP contribution in [-0.4, -0.2) is 73.5 Å². The molecule has 4 aromatic rings. The van der Waals surface area contributed by atoms with Crippen LogP contribution in [0.4, 0.5) is 8.78 Å². The van der Waals surface area contributed by atoms with Gasteiger partial charge in [-0.25, -0.2) is 18.4 Å². The Balaban J connectivity index is 1.17. The molecule has 7 nitrogen and oxygen atoms in total. The number of piperazine rings is 1. The van der Waals surface area contributed by atoms with Crippen LogP contribution in [0.3, 0.4) is 0 Å². The molecule has 1 aliphatic rings. The lowest BCUT2D eigenvalue weighted by Gasteiger charge is -2.39. The van der Waals surface area contributed by atoms with Crippen LogP contribution in [-0.2, 0) is 18.7 Å². The third-order valence-electron chi connectivity index (χ3n) is 6.88. The minimum absolute atomic E-state index is 0.0250. The van der Waals surface area contributed by atoms with Gasteiger partial charge in [0.1, 0.15) is 29.9 Å². The molecule has 1 atom stereocenters. The molecule has 0 aliphatic carbocycles. The molecule has 1 fully saturated rings. The van der Waals surface area contributed by atoms with E-state index < -0.39 is 17.2 Å². The van der Waals surface area contributed by atoms with Crippen molar-refractivity contribution in [2.24, 2.45) is 0 Å². The molecule has 0 bridgehead atoms. The van der Waals surface area contributed by atoms with Gasteiger partial charge < -0.3 is 14.6 Å². The molecular weight excluding hydrogens is 530 g/mol. The molecule has 2 aromatic heterocycles. The van der Waals surface area contributed by atoms with Crippen LogP contribution in [0, 0.1) is 11.6 Å². The van der Waals surface area contributed by atoms with Crippen LogP contribution in [0.2, 0.25) is 0 Å². The van der Waals surface area contributed by atoms with E-state index in [1.54, 1.807) is 0 Å². The quantitative estimate of drug-likeness (QED) is 0.338. The first-order valence-electron chi connectivity index (χ1n) is 12.1. The average molecular weight is 559 g/mol. The van der Waals surface area contributed by atoms with Crippen molar-refractivity contribution in [1.82, 2.24) is 29.1 Å². The summed E-state index contributed by atoms with van der Waals surface area (Å²) in [4.78, 5) is 8.48. The van der Waals surface area contributed by atoms with E-state index >= 15 is 0 Å². The van der Waals surface area contributed by atoms with Crippen molar-refractivity contribution in [3.05, 3.63) is 83.0 Å². The molecule has 0 saturated carbocycles. The summed E-state index contributed by atoms with van der Waals surface area (Å²) in [6, 6.07) is 11.8. The summed E-state index contributed by atoms with van der Waals surface area (Å²) < 4.78 is 33.1. The smallest absolute Gasteiger partial charge is 0.137 e. The third kappa shape index (κ3) is 5.67. The summed E-state index contributed by atoms with van der Waals surface area (Å²) in [7, 11) is 0. The van der Waals surface area contributed by atoms with Gasteiger partial charge in [0.15, 0.2) is 0 Å². The number of nitrogens with zero attached hydrogens (tertiary/aromatic N) is 6. The first kappa shape index (κ1) is 25.0. The number of halogens is 3. The van der Waals surface area contributed by atoms with Gasteiger partial charge >= 0.3 is 0 Å². The van der Waals surface area contributed by atoms with Crippen molar-refractivity contribution in [2.75, 3.05) is 39.3 Å². The van der Waals surface area contributed by atoms with Gasteiger partial charge in [-0.15, -0.1) is 0 Å². The summed E-state index contributed by atoms with van der Waals surface area (Å²) in [6.45, 7) is 5.42. The number of aromatic nitrogens is 4. The molecule has 5 rings (SSSR count). The van der Waals surface area contributed by atoms with Gasteiger partial charge in [-0.2, -0.15) is 5.10 Å². The summed E-state index contributed by atoms with van der Waals surface area (Å²) >= 11 is 3.53. The lowest BCUT2D eigenvalue weighted by Crippen LogP contribution is -2.52. The number of aryl methyl sites for hydroxylation is 1. The highest BCUT2D eigenvalue weighted by molar-refractivity contribution is 9.10. The Bertz CT molecular complexity index is 1310. The molecule has 36 heavy (non-hydrogen) atoms. The minimum atomic E-state index is -1.57. The first-order chi connectivity index (χ1) is 17.4. The van der Waals surface area contributed by atoms with Gasteiger partial charge in [-0.3, -0.25) is 4.90 Å². The Morgan fingerprint density at radius 3 is 2.50 bits per heavy atom. The van der Waals surface area contributed by atoms with Crippen LogP contribution in [0.1, 0.15) is 12.0 Å². The second-order valence-electron chi connectivity index (χ2n) is 9.43. The van der Waals surface area contributed by atoms with Gasteiger partial charge in [0.25, 0.3) is 0 Å². The zero-order valence-corrected chi connectivity index (χ0v) is 21.5. The lowest BCUT2D eigenvalue weighted by atomic mass is 9.92. The van der Waals surface area contributed by atoms with Crippen molar-refractivity contribution >= 4 is 26.8 Å². The predicted octanol–water partition coefficient (Wildman–Crippen LogP) is 3.87. The topological polar surface area (TPSA) is 62.4 Å². The maximum atomic E-state index is 14.7. The Labute approximate surface area is 217 Å². The van der Waals surface area contributed by atoms with Gasteiger partial charge in [0.2, 0.25) is 0 Å². The summed E-state index contributed by atoms with van der Waals surface area (Å²) in [5.41, 5.74) is -0.270. The highest BCUT2D eigenvalue weighted by Gasteiger charge is 2.36. The van der Waals surface area contributed by atoms with E-state index in [1.165, 1.54) is 40.4 Å². The molecule has 2 aromatic carbocycles. The van der Waals surface area contributed by atoms with Crippen molar-refractivity contribution in [3.8, 4) is 0 Å². The highest BCUT2D eigenvalue weighted by Crippen LogP contribution is 2.28. The second-order valence-corrected chi connectivity index (χ2v) is 10.3. The summed E-state index contributed by atoms with van der Waals surface area (Å²) in [6.07, 6.45) is 6.03. The number of hydrogen-bond acceptors (Lipinski definition) is 5. The number of fused-ring (bicyclic) bond motifs is 1. The van der Waals surface area contributed by atoms with E-state index in [9.17, 15) is 13.9 Å². The Kier molecular flexibility index (Phi) is 7.47. The van der Waals surface area contributed by atoms with Crippen molar-refractivity contribution < 1.29 is 13.9 Å². The summed E-state index contributed by atoms with van der Waals surface area (Å²) in [5.74, 6) is -1.44. The minimum Gasteiger partial charge on any atom is -0.382 e. The zero-order chi connectivity index (χ0) is 25.1. The number of aliphatic hydroxyl groups is 1. The second kappa shape index (κ2) is 10.8. The predicted molar refractivity (Wildman–Crippen MR) is 137 cm³/mol. The molecule has 0 radical (unpaired) electrons. The fourth-order valence-electron chi connectivity index (χ4n) is 5.04. The molecule has 1 saturated heterocycles. The highest BCUT2D eigenvalue weighted by atomic mass is 79.9. The Morgan fingerprint density at radius 2 is 1.75 bits per heavy atom. The molecule has 0 amide bonds. The van der Waals surface area contributed by atoms with E-state index in [4.69, 9.17) is 0 Å². The van der Waals surface area contributed by atoms with E-state index in [0.717, 1.165) is 56.2 Å². The largest absolute Gasteiger partial charge is 0.382 e. The SMILES string of the molecule is O[C@@](CN1CCN(CCCn2ccc3cc(Br)ccc32)CC1)(Cn1cncn1)c1ccc(F)cc1F. The molecule has 0 spiro atoms. The van der Waals surface area contributed by atoms with Gasteiger partial charge in [0.05, 0.1) is 6.54 Å². The van der Waals surface area contributed by atoms with Crippen LogP contribution in [0.25, 0.3) is 10.9 Å². The molecule has 10 heteroatoms. The van der Waals surface area contributed by atoms with Crippen LogP contribution in [0.15, 0.2) is 65.8 Å². The number of β-amino-alcohol motifs (C(OH)–C–C–N with tert-alkyl or cyclic N) is 1. The van der Waals surface area contributed by atoms with Crippen LogP contribution < -0.4 is 0 Å². The van der Waals surface area contributed by atoms with Gasteiger partial charge in [-0.1, -0.05) is 22.0 Å². The van der Waals surface area contributed by atoms with Crippen molar-refractivity contribution in [2.45, 2.75) is 25.1 Å². The maximum Gasteiger partial charge on any atom is 0.137 e. The molecule has 190 valence electrons. The standard InChI is InChI=1S/C26H29BrF2N6O/c27-21-2-5-25-20(14-21)6-9-34(25)8-1-7-32-10-12-33(13-11-32)16-26(36,17-35-19-30-18-31-35)23-4-3-22(28)15-24(23)29/h2-6,9,14-15,18-19,36H,1,7-8,10-13,16-17H2/t26-/m0/s1. The Morgan fingerprint density at radius 1 is 0.944 bits per heavy atom. The molecule has 1 N–H and O–H groups in total. The lowest BCUT2D eigenvalue weighted by molar-refractivity contribution is -0.0319. The van der Waals surface area contributed by atoms with Gasteiger partial charge in [-0.05, 0) is 43.3 Å². The maximum absolute atomic E-state index is 14.7. The summed E-state index contributed by atoms with van der Waals surface area (Å²) in [5, 5.41) is 16.9. The normalized spacial score (nSPS) is 17.0. The van der Waals surface area contributed by atoms with Crippen LogP contribution >= 0.6 is 15.9 Å². The van der Waals surface area contributed by atoms with E-state index in [1.807, 2.05) is 0 Å². The van der Waals surface area contributed by atoms with Crippen LogP contribution in [0.5, 0.6) is 0 Å². The zero-order valence-electron chi connectivity index (χ0n) is 19.9. The average Bonchev–Trinajstić information content (AvgIpc) is 3.49. The Hall–Kier alpha value is -2.66. The fourth-order valence-corrected chi connectivity index (χ4v) is 5.42. The van der Waals surface area contributed by atoms with Crippen molar-refractivity contribution in [3.63, 3.8) is 0 Å². The molecule has 0 unspecified atom stereocenters. The molecular formula is C26H29BrF2N6O. The third-order valence-corrected chi connectivity index (χ3v) is 7.37. The molecule has 3 heterocycles. The first-order valence-corrected chi connectivity index (χ1v) is 12.9. The number of rotatable bonds is 9. The van der Waals surface area contributed by atoms with Gasteiger partial charge in [0, 0.05) is 72.5 Å². The molecule has 1 aliphatic heterocycles. The monoisotopic (exact) mass is 558 g/mol. The fraction of sp³-hybridized carbons (Fsp3) is 0.385. The van der Waals surface area contributed by atoms with Crippen molar-refractivity contribution in [1.29, 1.82) is 0 Å². The van der Waals surface area contributed by atoms with E-state index in [2.05, 4.69) is 70.8 Å². The van der Waals surface area contributed by atoms with E-state index in [-0.39, 0.29) is 18.7 Å².